The minimum atomic E-state index is -0.778. The molecule has 0 aromatic rings. The third kappa shape index (κ3) is 3.92. The van der Waals surface area contributed by atoms with E-state index in [9.17, 15) is 5.11 Å². The predicted octanol–water partition coefficient (Wildman–Crippen LogP) is 0.371. The monoisotopic (exact) mass is 202 g/mol. The van der Waals surface area contributed by atoms with E-state index in [1.165, 1.54) is 0 Å². The molecule has 0 radical (unpaired) electrons. The SMILES string of the molecule is CC1CN(C(O)OC(C)(C)C)CCN1. The van der Waals surface area contributed by atoms with Gasteiger partial charge in [-0.15, -0.1) is 0 Å². The Hall–Kier alpha value is -0.160. The molecule has 14 heavy (non-hydrogen) atoms. The molecule has 1 heterocycles. The van der Waals surface area contributed by atoms with Gasteiger partial charge in [0.25, 0.3) is 0 Å². The van der Waals surface area contributed by atoms with E-state index in [-0.39, 0.29) is 5.60 Å². The first-order valence-electron chi connectivity index (χ1n) is 5.22. The van der Waals surface area contributed by atoms with Crippen molar-refractivity contribution in [1.82, 2.24) is 10.2 Å². The van der Waals surface area contributed by atoms with Gasteiger partial charge in [-0.05, 0) is 27.7 Å². The molecule has 0 bridgehead atoms. The highest BCUT2D eigenvalue weighted by molar-refractivity contribution is 4.75. The maximum Gasteiger partial charge on any atom is 0.216 e. The van der Waals surface area contributed by atoms with Crippen molar-refractivity contribution in [2.24, 2.45) is 0 Å². The number of aliphatic hydroxyl groups excluding tert-OH is 1. The van der Waals surface area contributed by atoms with Gasteiger partial charge in [0.05, 0.1) is 5.60 Å². The highest BCUT2D eigenvalue weighted by Crippen LogP contribution is 2.13. The van der Waals surface area contributed by atoms with Gasteiger partial charge in [-0.3, -0.25) is 4.90 Å². The number of piperazine rings is 1. The fraction of sp³-hybridized carbons (Fsp3) is 1.00. The zero-order valence-electron chi connectivity index (χ0n) is 9.58. The molecule has 2 N–H and O–H groups in total. The summed E-state index contributed by atoms with van der Waals surface area (Å²) < 4.78 is 5.48. The number of hydrogen-bond acceptors (Lipinski definition) is 4. The van der Waals surface area contributed by atoms with Crippen LogP contribution in [0.15, 0.2) is 0 Å². The summed E-state index contributed by atoms with van der Waals surface area (Å²) in [6, 6.07) is 0.418. The minimum Gasteiger partial charge on any atom is -0.356 e. The molecule has 1 aliphatic rings. The highest BCUT2D eigenvalue weighted by Gasteiger charge is 2.25. The second kappa shape index (κ2) is 4.57. The molecule has 1 rings (SSSR count). The molecule has 0 amide bonds. The molecule has 0 saturated carbocycles. The Bertz CT molecular complexity index is 179. The van der Waals surface area contributed by atoms with E-state index in [1.54, 1.807) is 0 Å². The summed E-state index contributed by atoms with van der Waals surface area (Å²) in [5, 5.41) is 13.1. The van der Waals surface area contributed by atoms with Crippen LogP contribution in [0.25, 0.3) is 0 Å². The fourth-order valence-corrected chi connectivity index (χ4v) is 1.55. The van der Waals surface area contributed by atoms with Gasteiger partial charge >= 0.3 is 0 Å². The lowest BCUT2D eigenvalue weighted by Crippen LogP contribution is -2.54. The van der Waals surface area contributed by atoms with Crippen LogP contribution in [0.4, 0.5) is 0 Å². The summed E-state index contributed by atoms with van der Waals surface area (Å²) in [5.41, 5.74) is -0.298. The standard InChI is InChI=1S/C10H22N2O2/c1-8-7-12(6-5-11-8)9(13)14-10(2,3)4/h8-9,11,13H,5-7H2,1-4H3. The first-order valence-corrected chi connectivity index (χ1v) is 5.22. The smallest absolute Gasteiger partial charge is 0.216 e. The van der Waals surface area contributed by atoms with Crippen molar-refractivity contribution in [3.63, 3.8) is 0 Å². The zero-order chi connectivity index (χ0) is 10.8. The van der Waals surface area contributed by atoms with E-state index in [0.29, 0.717) is 6.04 Å². The molecule has 2 unspecified atom stereocenters. The van der Waals surface area contributed by atoms with Crippen LogP contribution in [0.3, 0.4) is 0 Å². The van der Waals surface area contributed by atoms with Crippen LogP contribution in [-0.2, 0) is 4.74 Å². The lowest BCUT2D eigenvalue weighted by Gasteiger charge is -2.37. The van der Waals surface area contributed by atoms with Gasteiger partial charge in [0, 0.05) is 25.7 Å². The third-order valence-electron chi connectivity index (χ3n) is 2.17. The number of nitrogens with zero attached hydrogens (tertiary/aromatic N) is 1. The molecule has 4 nitrogen and oxygen atoms in total. The normalized spacial score (nSPS) is 27.6. The second-order valence-electron chi connectivity index (χ2n) is 4.91. The van der Waals surface area contributed by atoms with Crippen molar-refractivity contribution in [1.29, 1.82) is 0 Å². The van der Waals surface area contributed by atoms with Gasteiger partial charge < -0.3 is 15.2 Å². The molecule has 1 saturated heterocycles. The molecular formula is C10H22N2O2. The molecule has 0 aliphatic carbocycles. The van der Waals surface area contributed by atoms with E-state index in [1.807, 2.05) is 25.7 Å². The van der Waals surface area contributed by atoms with Crippen LogP contribution in [-0.4, -0.2) is 47.7 Å². The van der Waals surface area contributed by atoms with Crippen LogP contribution in [0.2, 0.25) is 0 Å². The highest BCUT2D eigenvalue weighted by atomic mass is 16.6. The van der Waals surface area contributed by atoms with Crippen LogP contribution < -0.4 is 5.32 Å². The van der Waals surface area contributed by atoms with E-state index < -0.39 is 6.41 Å². The number of hydrogen-bond donors (Lipinski definition) is 2. The Labute approximate surface area is 86.2 Å². The summed E-state index contributed by atoms with van der Waals surface area (Å²) in [6.45, 7) is 10.5. The first kappa shape index (κ1) is 11.9. The molecule has 84 valence electrons. The Kier molecular flexibility index (Phi) is 3.89. The largest absolute Gasteiger partial charge is 0.356 e. The topological polar surface area (TPSA) is 44.7 Å². The van der Waals surface area contributed by atoms with Crippen molar-refractivity contribution in [3.8, 4) is 0 Å². The van der Waals surface area contributed by atoms with Crippen LogP contribution in [0.1, 0.15) is 27.7 Å². The van der Waals surface area contributed by atoms with Crippen LogP contribution in [0.5, 0.6) is 0 Å². The van der Waals surface area contributed by atoms with Crippen molar-refractivity contribution in [2.75, 3.05) is 19.6 Å². The molecule has 2 atom stereocenters. The average Bonchev–Trinajstić information content (AvgIpc) is 2.01. The van der Waals surface area contributed by atoms with Gasteiger partial charge in [-0.1, -0.05) is 0 Å². The molecule has 4 heteroatoms. The molecule has 0 spiro atoms. The molecular weight excluding hydrogens is 180 g/mol. The molecule has 0 aromatic carbocycles. The fourth-order valence-electron chi connectivity index (χ4n) is 1.55. The van der Waals surface area contributed by atoms with Gasteiger partial charge in [-0.25, -0.2) is 0 Å². The van der Waals surface area contributed by atoms with Crippen LogP contribution >= 0.6 is 0 Å². The summed E-state index contributed by atoms with van der Waals surface area (Å²) >= 11 is 0. The van der Waals surface area contributed by atoms with E-state index in [0.717, 1.165) is 19.6 Å². The Morgan fingerprint density at radius 2 is 2.14 bits per heavy atom. The lowest BCUT2D eigenvalue weighted by molar-refractivity contribution is -0.242. The van der Waals surface area contributed by atoms with Gasteiger partial charge in [0.1, 0.15) is 0 Å². The minimum absolute atomic E-state index is 0.298. The Morgan fingerprint density at radius 1 is 1.50 bits per heavy atom. The van der Waals surface area contributed by atoms with Gasteiger partial charge in [0.2, 0.25) is 6.41 Å². The Balaban J connectivity index is 2.39. The summed E-state index contributed by atoms with van der Waals surface area (Å²) in [5.74, 6) is 0. The van der Waals surface area contributed by atoms with E-state index >= 15 is 0 Å². The number of ether oxygens (including phenoxy) is 1. The summed E-state index contributed by atoms with van der Waals surface area (Å²) in [7, 11) is 0. The van der Waals surface area contributed by atoms with Crippen molar-refractivity contribution in [2.45, 2.75) is 45.8 Å². The third-order valence-corrected chi connectivity index (χ3v) is 2.17. The van der Waals surface area contributed by atoms with Crippen molar-refractivity contribution in [3.05, 3.63) is 0 Å². The molecule has 1 aliphatic heterocycles. The lowest BCUT2D eigenvalue weighted by atomic mass is 10.2. The number of aliphatic hydroxyl groups is 1. The number of rotatable bonds is 2. The molecule has 0 aromatic heterocycles. The maximum absolute atomic E-state index is 9.80. The van der Waals surface area contributed by atoms with Crippen molar-refractivity contribution >= 4 is 0 Å². The first-order chi connectivity index (χ1) is 6.38. The van der Waals surface area contributed by atoms with Gasteiger partial charge in [0.15, 0.2) is 0 Å². The van der Waals surface area contributed by atoms with Gasteiger partial charge in [-0.2, -0.15) is 0 Å². The summed E-state index contributed by atoms with van der Waals surface area (Å²) in [4.78, 5) is 1.95. The predicted molar refractivity (Wildman–Crippen MR) is 55.9 cm³/mol. The van der Waals surface area contributed by atoms with Crippen molar-refractivity contribution < 1.29 is 9.84 Å². The molecule has 1 fully saturated rings. The number of nitrogens with one attached hydrogen (secondary N) is 1. The Morgan fingerprint density at radius 3 is 2.64 bits per heavy atom. The quantitative estimate of drug-likeness (QED) is 0.635. The van der Waals surface area contributed by atoms with E-state index in [2.05, 4.69) is 12.2 Å². The van der Waals surface area contributed by atoms with E-state index in [4.69, 9.17) is 4.74 Å². The zero-order valence-corrected chi connectivity index (χ0v) is 9.58. The second-order valence-corrected chi connectivity index (χ2v) is 4.91. The average molecular weight is 202 g/mol. The summed E-state index contributed by atoms with van der Waals surface area (Å²) in [6.07, 6.45) is -0.778. The maximum atomic E-state index is 9.80. The van der Waals surface area contributed by atoms with Crippen LogP contribution in [0, 0.1) is 0 Å².